The van der Waals surface area contributed by atoms with Gasteiger partial charge in [-0.2, -0.15) is 0 Å². The summed E-state index contributed by atoms with van der Waals surface area (Å²) in [4.78, 5) is 12.7. The van der Waals surface area contributed by atoms with Crippen LogP contribution >= 0.6 is 0 Å². The van der Waals surface area contributed by atoms with Crippen LogP contribution in [-0.4, -0.2) is 11.6 Å². The van der Waals surface area contributed by atoms with Gasteiger partial charge >= 0.3 is 5.97 Å². The third kappa shape index (κ3) is 2.73. The maximum atomic E-state index is 12.7. The van der Waals surface area contributed by atoms with Crippen molar-refractivity contribution in [2.24, 2.45) is 11.8 Å². The van der Waals surface area contributed by atoms with Crippen molar-refractivity contribution >= 4 is 5.97 Å². The Kier molecular flexibility index (Phi) is 4.31. The van der Waals surface area contributed by atoms with Crippen LogP contribution in [0.25, 0.3) is 0 Å². The van der Waals surface area contributed by atoms with Crippen molar-refractivity contribution in [3.8, 4) is 0 Å². The van der Waals surface area contributed by atoms with Crippen molar-refractivity contribution < 1.29 is 9.53 Å². The molecule has 1 aliphatic carbocycles. The largest absolute Gasteiger partial charge is 0.457 e. The number of carbonyl (C=O) groups excluding carboxylic acids is 1. The van der Waals surface area contributed by atoms with E-state index in [2.05, 4.69) is 79.7 Å². The van der Waals surface area contributed by atoms with Crippen LogP contribution < -0.4 is 0 Å². The summed E-state index contributed by atoms with van der Waals surface area (Å²) in [6.45, 7) is 2.17. The number of ether oxygens (including phenoxy) is 1. The molecule has 0 amide bonds. The lowest BCUT2D eigenvalue weighted by Gasteiger charge is -2.49. The van der Waals surface area contributed by atoms with Gasteiger partial charge in [-0.3, -0.25) is 4.79 Å². The van der Waals surface area contributed by atoms with E-state index in [0.717, 1.165) is 0 Å². The summed E-state index contributed by atoms with van der Waals surface area (Å²) in [5.41, 5.74) is 2.27. The molecular weight excluding hydrogens is 356 g/mol. The average molecular weight is 383 g/mol. The number of hydrogen-bond donors (Lipinski definition) is 0. The molecule has 2 atom stereocenters. The lowest BCUT2D eigenvalue weighted by Crippen LogP contribution is -2.55. The first-order valence-corrected chi connectivity index (χ1v) is 10.5. The van der Waals surface area contributed by atoms with Gasteiger partial charge in [-0.25, -0.2) is 0 Å². The highest BCUT2D eigenvalue weighted by molar-refractivity contribution is 5.75. The molecule has 1 saturated carbocycles. The zero-order valence-corrected chi connectivity index (χ0v) is 16.8. The van der Waals surface area contributed by atoms with Crippen LogP contribution in [0.15, 0.2) is 91.0 Å². The number of benzene rings is 3. The summed E-state index contributed by atoms with van der Waals surface area (Å²) in [5, 5.41) is 0. The number of carbonyl (C=O) groups is 1. The Labute approximate surface area is 172 Å². The number of rotatable bonds is 5. The van der Waals surface area contributed by atoms with E-state index in [9.17, 15) is 4.79 Å². The van der Waals surface area contributed by atoms with E-state index in [1.165, 1.54) is 29.5 Å². The van der Waals surface area contributed by atoms with Crippen molar-refractivity contribution in [1.29, 1.82) is 0 Å². The van der Waals surface area contributed by atoms with E-state index in [-0.39, 0.29) is 11.9 Å². The minimum absolute atomic E-state index is 0.0726. The fourth-order valence-electron chi connectivity index (χ4n) is 5.62. The first-order valence-electron chi connectivity index (χ1n) is 10.5. The molecule has 2 unspecified atom stereocenters. The van der Waals surface area contributed by atoms with Crippen LogP contribution in [0.2, 0.25) is 0 Å². The van der Waals surface area contributed by atoms with Crippen LogP contribution in [0.5, 0.6) is 0 Å². The molecule has 0 aromatic heterocycles. The van der Waals surface area contributed by atoms with Crippen LogP contribution in [0.3, 0.4) is 0 Å². The molecule has 146 valence electrons. The van der Waals surface area contributed by atoms with E-state index < -0.39 is 11.0 Å². The zero-order valence-electron chi connectivity index (χ0n) is 16.8. The molecule has 0 bridgehead atoms. The van der Waals surface area contributed by atoms with Gasteiger partial charge < -0.3 is 4.74 Å². The maximum Gasteiger partial charge on any atom is 0.306 e. The Morgan fingerprint density at radius 2 is 1.17 bits per heavy atom. The second kappa shape index (κ2) is 6.88. The van der Waals surface area contributed by atoms with E-state index in [1.54, 1.807) is 0 Å². The van der Waals surface area contributed by atoms with Crippen molar-refractivity contribution in [1.82, 2.24) is 0 Å². The number of esters is 1. The predicted molar refractivity (Wildman–Crippen MR) is 115 cm³/mol. The van der Waals surface area contributed by atoms with Gasteiger partial charge in [0.15, 0.2) is 0 Å². The molecule has 29 heavy (non-hydrogen) atoms. The highest BCUT2D eigenvalue weighted by Crippen LogP contribution is 2.60. The number of hydrogen-bond acceptors (Lipinski definition) is 2. The maximum absolute atomic E-state index is 12.7. The van der Waals surface area contributed by atoms with E-state index in [0.29, 0.717) is 12.3 Å². The molecule has 2 heteroatoms. The second-order valence-electron chi connectivity index (χ2n) is 8.58. The summed E-state index contributed by atoms with van der Waals surface area (Å²) in [6.07, 6.45) is 2.88. The van der Waals surface area contributed by atoms with E-state index in [4.69, 9.17) is 4.74 Å². The first kappa shape index (κ1) is 18.2. The normalized spacial score (nSPS) is 24.3. The van der Waals surface area contributed by atoms with Crippen LogP contribution in [0, 0.1) is 11.8 Å². The van der Waals surface area contributed by atoms with Crippen molar-refractivity contribution in [2.45, 2.75) is 37.2 Å². The monoisotopic (exact) mass is 382 g/mol. The quantitative estimate of drug-likeness (QED) is 0.415. The van der Waals surface area contributed by atoms with Gasteiger partial charge in [0.1, 0.15) is 5.60 Å². The van der Waals surface area contributed by atoms with Crippen LogP contribution in [0.1, 0.15) is 42.9 Å². The molecule has 2 fully saturated rings. The molecule has 1 heterocycles. The molecule has 0 spiro atoms. The Morgan fingerprint density at radius 1 is 0.759 bits per heavy atom. The smallest absolute Gasteiger partial charge is 0.306 e. The van der Waals surface area contributed by atoms with Gasteiger partial charge in [-0.1, -0.05) is 91.0 Å². The molecule has 2 nitrogen and oxygen atoms in total. The highest BCUT2D eigenvalue weighted by Gasteiger charge is 2.64. The van der Waals surface area contributed by atoms with Crippen LogP contribution in [0.4, 0.5) is 0 Å². The first-order chi connectivity index (χ1) is 14.2. The standard InChI is InChI=1S/C27H26O2/c1-26(24(20-17-18-20)19-25(28)29-26)27(21-11-5-2-6-12-21,22-13-7-3-8-14-22)23-15-9-4-10-16-23/h2-16,20,24H,17-19H2,1H3. The molecule has 0 N–H and O–H groups in total. The van der Waals surface area contributed by atoms with Crippen molar-refractivity contribution in [3.63, 3.8) is 0 Å². The summed E-state index contributed by atoms with van der Waals surface area (Å²) in [7, 11) is 0. The molecule has 1 aliphatic heterocycles. The molecular formula is C27H26O2. The molecule has 0 radical (unpaired) electrons. The van der Waals surface area contributed by atoms with Gasteiger partial charge in [-0.15, -0.1) is 0 Å². The summed E-state index contributed by atoms with van der Waals surface area (Å²) < 4.78 is 6.35. The molecule has 2 aliphatic rings. The lowest BCUT2D eigenvalue weighted by atomic mass is 9.56. The van der Waals surface area contributed by atoms with E-state index in [1.807, 2.05) is 18.2 Å². The summed E-state index contributed by atoms with van der Waals surface area (Å²) >= 11 is 0. The fraction of sp³-hybridized carbons (Fsp3) is 0.296. The van der Waals surface area contributed by atoms with Gasteiger partial charge in [0, 0.05) is 5.92 Å². The average Bonchev–Trinajstić information content (AvgIpc) is 3.55. The van der Waals surface area contributed by atoms with Gasteiger partial charge in [0.05, 0.1) is 11.8 Å². The fourth-order valence-corrected chi connectivity index (χ4v) is 5.62. The SMILES string of the molecule is CC1(C(c2ccccc2)(c2ccccc2)c2ccccc2)OC(=O)CC1C1CC1. The third-order valence-electron chi connectivity index (χ3n) is 6.98. The Morgan fingerprint density at radius 3 is 1.55 bits per heavy atom. The summed E-state index contributed by atoms with van der Waals surface area (Å²) in [5.74, 6) is 0.689. The van der Waals surface area contributed by atoms with Crippen molar-refractivity contribution in [2.75, 3.05) is 0 Å². The summed E-state index contributed by atoms with van der Waals surface area (Å²) in [6, 6.07) is 31.7. The topological polar surface area (TPSA) is 26.3 Å². The molecule has 5 rings (SSSR count). The molecule has 1 saturated heterocycles. The third-order valence-corrected chi connectivity index (χ3v) is 6.98. The van der Waals surface area contributed by atoms with Crippen LogP contribution in [-0.2, 0) is 14.9 Å². The molecule has 3 aromatic carbocycles. The Balaban J connectivity index is 1.87. The Hall–Kier alpha value is -2.87. The van der Waals surface area contributed by atoms with Crippen molar-refractivity contribution in [3.05, 3.63) is 108 Å². The van der Waals surface area contributed by atoms with E-state index >= 15 is 0 Å². The molecule has 3 aromatic rings. The number of cyclic esters (lactones) is 1. The highest BCUT2D eigenvalue weighted by atomic mass is 16.6. The predicted octanol–water partition coefficient (Wildman–Crippen LogP) is 5.75. The zero-order chi connectivity index (χ0) is 19.9. The van der Waals surface area contributed by atoms with Gasteiger partial charge in [0.2, 0.25) is 0 Å². The van der Waals surface area contributed by atoms with Gasteiger partial charge in [0.25, 0.3) is 0 Å². The second-order valence-corrected chi connectivity index (χ2v) is 8.58. The van der Waals surface area contributed by atoms with Gasteiger partial charge in [-0.05, 0) is 42.4 Å². The lowest BCUT2D eigenvalue weighted by molar-refractivity contribution is -0.152. The Bertz CT molecular complexity index is 896. The minimum atomic E-state index is -0.657. The minimum Gasteiger partial charge on any atom is -0.457 e.